The van der Waals surface area contributed by atoms with Gasteiger partial charge in [-0.1, -0.05) is 77.5 Å². The zero-order valence-corrected chi connectivity index (χ0v) is 55.4. The van der Waals surface area contributed by atoms with Gasteiger partial charge in [0.15, 0.2) is 11.9 Å². The average molecular weight is 1310 g/mol. The Kier molecular flexibility index (Phi) is 30.2. The summed E-state index contributed by atoms with van der Waals surface area (Å²) in [6.45, 7) is 18.0. The van der Waals surface area contributed by atoms with Crippen LogP contribution in [0.3, 0.4) is 0 Å². The minimum Gasteiger partial charge on any atom is -0.457 e. The van der Waals surface area contributed by atoms with Gasteiger partial charge in [-0.05, 0) is 101 Å². The lowest BCUT2D eigenvalue weighted by Gasteiger charge is -2.39. The number of esters is 2. The first-order valence-corrected chi connectivity index (χ1v) is 32.5. The van der Waals surface area contributed by atoms with Crippen LogP contribution in [0.1, 0.15) is 145 Å². The molecule has 0 spiro atoms. The van der Waals surface area contributed by atoms with E-state index in [1.54, 1.807) is 89.3 Å². The third kappa shape index (κ3) is 25.7. The molecule has 8 amide bonds. The molecule has 26 nitrogen and oxygen atoms in total. The number of amides is 8. The number of ether oxygens (including phenoxy) is 5. The zero-order valence-electron chi connectivity index (χ0n) is 55.4. The fourth-order valence-corrected chi connectivity index (χ4v) is 11.5. The topological polar surface area (TPSA) is 365 Å². The first kappa shape index (κ1) is 76.2. The lowest BCUT2D eigenvalue weighted by Crippen LogP contribution is -2.53. The molecule has 0 aromatic heterocycles. The van der Waals surface area contributed by atoms with Crippen LogP contribution in [0, 0.1) is 23.7 Å². The summed E-state index contributed by atoms with van der Waals surface area (Å²) in [5, 5.41) is 43.4. The number of anilines is 1. The number of urea groups is 1. The Labute approximate surface area is 545 Å². The van der Waals surface area contributed by atoms with Gasteiger partial charge in [0.25, 0.3) is 11.8 Å². The van der Waals surface area contributed by atoms with Crippen LogP contribution in [0.2, 0.25) is 0 Å². The largest absolute Gasteiger partial charge is 0.457 e. The van der Waals surface area contributed by atoms with Crippen molar-refractivity contribution in [1.29, 1.82) is 0 Å². The second kappa shape index (κ2) is 36.8. The molecule has 1 aromatic rings. The van der Waals surface area contributed by atoms with Crippen molar-refractivity contribution in [2.45, 2.75) is 200 Å². The number of unbranched alkanes of at least 4 members (excludes halogenated alkanes) is 2. The van der Waals surface area contributed by atoms with Crippen molar-refractivity contribution < 1.29 is 86.9 Å². The highest BCUT2D eigenvalue weighted by atomic mass is 16.6. The van der Waals surface area contributed by atoms with E-state index in [1.807, 2.05) is 20.8 Å². The summed E-state index contributed by atoms with van der Waals surface area (Å²) in [6, 6.07) is 5.00. The number of aliphatic hydroxyl groups excluding tert-OH is 2. The van der Waals surface area contributed by atoms with Gasteiger partial charge in [0, 0.05) is 114 Å². The van der Waals surface area contributed by atoms with Crippen LogP contribution in [0.15, 0.2) is 72.4 Å². The molecule has 0 unspecified atom stereocenters. The maximum Gasteiger partial charge on any atom is 0.410 e. The number of hydrogen-bond acceptors (Lipinski definition) is 19. The molecule has 4 aliphatic rings. The van der Waals surface area contributed by atoms with E-state index < -0.39 is 89.6 Å². The highest BCUT2D eigenvalue weighted by Crippen LogP contribution is 2.38. The van der Waals surface area contributed by atoms with Gasteiger partial charge in [-0.3, -0.25) is 43.4 Å². The number of nitrogens with zero attached hydrogens (tertiary/aromatic N) is 3. The normalized spacial score (nSPS) is 24.5. The van der Waals surface area contributed by atoms with E-state index in [-0.39, 0.29) is 125 Å². The van der Waals surface area contributed by atoms with Crippen LogP contribution in [0.5, 0.6) is 0 Å². The molecule has 2 saturated heterocycles. The molecule has 9 N–H and O–H groups in total. The molecule has 4 heterocycles. The maximum atomic E-state index is 14.0. The SMILES string of the molecule is CC[C@H](O)[C@@H](C)[C@H]1O[C@@H]1C[C@@](C)(O)/C=C/C=C(\C)[C@H]1OC(=O)C[C@H](O)CC[C@@](C)(OC(C)=O)[C@@H](OC(=O)N2CCN(CCNC(=O)OCc3ccc(NC(=O)[C@H](CCCNC(N)=O)CC(=O)[C@@H](NC(=O)CCCCCN4C(=O)C=CC4=O)C(C)C)cc3)CC2)/C=C/[C@@H]1C. The van der Waals surface area contributed by atoms with Crippen LogP contribution in [-0.4, -0.2) is 196 Å². The Morgan fingerprint density at radius 2 is 1.60 bits per heavy atom. The molecule has 93 heavy (non-hydrogen) atoms. The van der Waals surface area contributed by atoms with Gasteiger partial charge < -0.3 is 70.9 Å². The standard InChI is InChI=1S/C67H100N8O18/c1-10-51(78)45(6)61-53(90-61)40-66(8,88)28-14-16-43(4)60-44(5)19-24-54(67(9,93-46(7)76)29-27-50(77)39-58(83)92-60)91-65(87)74-36-34-73(35-37-74)33-31-70-64(86)89-41-47-20-22-49(23-21-47)71-62(84)48(17-15-30-69-63(68)85)38-52(79)59(42(2)3)72-55(80)18-12-11-13-32-75-56(81)25-26-57(75)82/h14,16,19-26,28,42,44-45,48,50-51,53-54,59-61,77-78,88H,10-13,15,17-18,27,29-41H2,1-9H3,(H,70,86)(H,71,84)(H,72,80)(H3,68,69,85)/b24-19+,28-14+,43-16+/t44-,45+,48+,50+,51-,53+,54-,59-,60+,61+,66-,67+/m0/s1. The molecule has 0 saturated carbocycles. The lowest BCUT2D eigenvalue weighted by molar-refractivity contribution is -0.168. The monoisotopic (exact) mass is 1300 g/mol. The predicted octanol–water partition coefficient (Wildman–Crippen LogP) is 5.41. The number of primary amides is 1. The lowest BCUT2D eigenvalue weighted by atomic mass is 9.88. The Morgan fingerprint density at radius 1 is 0.914 bits per heavy atom. The Bertz CT molecular complexity index is 2830. The van der Waals surface area contributed by atoms with Gasteiger partial charge in [0.2, 0.25) is 11.8 Å². The Hall–Kier alpha value is -7.52. The molecule has 0 radical (unpaired) electrons. The fourth-order valence-electron chi connectivity index (χ4n) is 11.5. The summed E-state index contributed by atoms with van der Waals surface area (Å²) >= 11 is 0. The van der Waals surface area contributed by atoms with Crippen molar-refractivity contribution in [3.63, 3.8) is 0 Å². The number of piperazine rings is 1. The van der Waals surface area contributed by atoms with Gasteiger partial charge in [-0.25, -0.2) is 14.4 Å². The molecule has 0 aliphatic carbocycles. The number of carbonyl (C=O) groups is 10. The predicted molar refractivity (Wildman–Crippen MR) is 343 cm³/mol. The summed E-state index contributed by atoms with van der Waals surface area (Å²) in [7, 11) is 0. The number of cyclic esters (lactones) is 1. The van der Waals surface area contributed by atoms with Crippen LogP contribution < -0.4 is 27.0 Å². The van der Waals surface area contributed by atoms with Crippen molar-refractivity contribution >= 4 is 65.3 Å². The van der Waals surface area contributed by atoms with E-state index in [0.717, 1.165) is 4.90 Å². The number of rotatable bonds is 32. The van der Waals surface area contributed by atoms with Crippen molar-refractivity contribution in [3.8, 4) is 0 Å². The maximum absolute atomic E-state index is 14.0. The molecule has 516 valence electrons. The molecule has 4 aliphatic heterocycles. The van der Waals surface area contributed by atoms with E-state index in [2.05, 4.69) is 26.2 Å². The van der Waals surface area contributed by atoms with Gasteiger partial charge >= 0.3 is 30.2 Å². The molecule has 26 heteroatoms. The summed E-state index contributed by atoms with van der Waals surface area (Å²) < 4.78 is 29.2. The number of aliphatic hydroxyl groups is 3. The molecule has 1 aromatic carbocycles. The van der Waals surface area contributed by atoms with Crippen LogP contribution >= 0.6 is 0 Å². The van der Waals surface area contributed by atoms with Crippen molar-refractivity contribution in [1.82, 2.24) is 30.7 Å². The van der Waals surface area contributed by atoms with Crippen molar-refractivity contribution in [3.05, 3.63) is 77.9 Å². The molecular formula is C67H100N8O18. The smallest absolute Gasteiger partial charge is 0.410 e. The number of imide groups is 1. The number of allylic oxidation sites excluding steroid dienone is 2. The van der Waals surface area contributed by atoms with E-state index in [9.17, 15) is 63.3 Å². The Morgan fingerprint density at radius 3 is 2.25 bits per heavy atom. The van der Waals surface area contributed by atoms with Crippen molar-refractivity contribution in [2.24, 2.45) is 29.4 Å². The van der Waals surface area contributed by atoms with Gasteiger partial charge in [-0.15, -0.1) is 0 Å². The van der Waals surface area contributed by atoms with E-state index >= 15 is 0 Å². The van der Waals surface area contributed by atoms with E-state index in [4.69, 9.17) is 29.4 Å². The number of ketones is 1. The van der Waals surface area contributed by atoms with Crippen LogP contribution in [0.4, 0.5) is 20.1 Å². The van der Waals surface area contributed by atoms with E-state index in [0.29, 0.717) is 75.0 Å². The minimum atomic E-state index is -1.45. The number of epoxide rings is 1. The first-order valence-electron chi connectivity index (χ1n) is 32.5. The third-order valence-corrected chi connectivity index (χ3v) is 17.2. The number of benzene rings is 1. The number of Topliss-reactive ketones (excluding diaryl/α,β-unsaturated/α-hetero) is 1. The third-order valence-electron chi connectivity index (χ3n) is 17.2. The second-order valence-corrected chi connectivity index (χ2v) is 25.6. The molecule has 5 rings (SSSR count). The second-order valence-electron chi connectivity index (χ2n) is 25.6. The van der Waals surface area contributed by atoms with Gasteiger partial charge in [-0.2, -0.15) is 0 Å². The molecule has 12 atom stereocenters. The minimum absolute atomic E-state index is 0.00718. The number of nitrogens with two attached hydrogens (primary N) is 1. The van der Waals surface area contributed by atoms with E-state index in [1.165, 1.54) is 24.0 Å². The number of hydrogen-bond donors (Lipinski definition) is 8. The van der Waals surface area contributed by atoms with Gasteiger partial charge in [0.1, 0.15) is 18.3 Å². The van der Waals surface area contributed by atoms with Crippen molar-refractivity contribution in [2.75, 3.05) is 57.7 Å². The summed E-state index contributed by atoms with van der Waals surface area (Å²) in [4.78, 5) is 133. The van der Waals surface area contributed by atoms with Crippen LogP contribution in [-0.2, 0) is 63.9 Å². The molecular weight excluding hydrogens is 1200 g/mol. The first-order chi connectivity index (χ1) is 44.0. The zero-order chi connectivity index (χ0) is 68.6. The number of alkyl carbamates (subject to hydrolysis) is 1. The average Bonchev–Trinajstić information content (AvgIpc) is 1.78. The molecule has 2 fully saturated rings. The van der Waals surface area contributed by atoms with Crippen LogP contribution in [0.25, 0.3) is 0 Å². The number of nitrogens with one attached hydrogen (secondary N) is 4. The summed E-state index contributed by atoms with van der Waals surface area (Å²) in [5.74, 6) is -4.85. The van der Waals surface area contributed by atoms with Gasteiger partial charge in [0.05, 0.1) is 42.5 Å². The fraction of sp³-hybridized carbons (Fsp3) is 0.642. The Balaban J connectivity index is 1.09. The molecule has 0 bridgehead atoms. The number of carbonyl (C=O) groups excluding carboxylic acids is 10. The quantitative estimate of drug-likeness (QED) is 0.00849. The highest BCUT2D eigenvalue weighted by Gasteiger charge is 2.47. The highest BCUT2D eigenvalue weighted by molar-refractivity contribution is 6.12. The summed E-state index contributed by atoms with van der Waals surface area (Å²) in [5.41, 5.74) is 4.20. The summed E-state index contributed by atoms with van der Waals surface area (Å²) in [6.07, 6.45) is 8.18.